The van der Waals surface area contributed by atoms with E-state index in [9.17, 15) is 0 Å². The van der Waals surface area contributed by atoms with E-state index in [1.807, 2.05) is 77.4 Å². The standard InChI is InChI=1S/C22H18ClN3OS/c1-27-20-14-8-5-9-16(20)15-28-22-25-24-21(18-12-6-7-13-19(18)23)26(22)17-10-3-2-4-11-17/h2-14H,15H2,1H3. The topological polar surface area (TPSA) is 39.9 Å². The molecule has 3 aromatic carbocycles. The molecule has 0 spiro atoms. The molecule has 1 heterocycles. The number of rotatable bonds is 6. The van der Waals surface area contributed by atoms with Gasteiger partial charge in [0.1, 0.15) is 5.75 Å². The monoisotopic (exact) mass is 407 g/mol. The molecule has 0 radical (unpaired) electrons. The van der Waals surface area contributed by atoms with E-state index in [1.54, 1.807) is 18.9 Å². The Kier molecular flexibility index (Phi) is 5.65. The van der Waals surface area contributed by atoms with Crippen molar-refractivity contribution in [2.75, 3.05) is 7.11 Å². The summed E-state index contributed by atoms with van der Waals surface area (Å²) >= 11 is 8.05. The van der Waals surface area contributed by atoms with Gasteiger partial charge in [0, 0.05) is 22.6 Å². The third kappa shape index (κ3) is 3.77. The van der Waals surface area contributed by atoms with Gasteiger partial charge in [-0.3, -0.25) is 4.57 Å². The van der Waals surface area contributed by atoms with E-state index in [2.05, 4.69) is 16.3 Å². The van der Waals surface area contributed by atoms with Gasteiger partial charge in [0.15, 0.2) is 11.0 Å². The molecular formula is C22H18ClN3OS. The van der Waals surface area contributed by atoms with Crippen molar-refractivity contribution in [2.24, 2.45) is 0 Å². The molecule has 1 aromatic heterocycles. The SMILES string of the molecule is COc1ccccc1CSc1nnc(-c2ccccc2Cl)n1-c1ccccc1. The number of aromatic nitrogens is 3. The number of methoxy groups -OCH3 is 1. The first kappa shape index (κ1) is 18.6. The maximum Gasteiger partial charge on any atom is 0.196 e. The van der Waals surface area contributed by atoms with Gasteiger partial charge in [0.2, 0.25) is 0 Å². The highest BCUT2D eigenvalue weighted by Gasteiger charge is 2.18. The summed E-state index contributed by atoms with van der Waals surface area (Å²) in [6, 6.07) is 25.8. The average molecular weight is 408 g/mol. The predicted molar refractivity (Wildman–Crippen MR) is 114 cm³/mol. The number of benzene rings is 3. The molecule has 28 heavy (non-hydrogen) atoms. The Balaban J connectivity index is 1.75. The Hall–Kier alpha value is -2.76. The highest BCUT2D eigenvalue weighted by Crippen LogP contribution is 2.34. The second-order valence-electron chi connectivity index (χ2n) is 6.06. The first-order valence-electron chi connectivity index (χ1n) is 8.78. The van der Waals surface area contributed by atoms with Gasteiger partial charge < -0.3 is 4.74 Å². The van der Waals surface area contributed by atoms with Crippen LogP contribution in [0.5, 0.6) is 5.75 Å². The summed E-state index contributed by atoms with van der Waals surface area (Å²) in [6.07, 6.45) is 0. The lowest BCUT2D eigenvalue weighted by Crippen LogP contribution is -2.00. The third-order valence-corrected chi connectivity index (χ3v) is 5.62. The lowest BCUT2D eigenvalue weighted by atomic mass is 10.2. The zero-order valence-corrected chi connectivity index (χ0v) is 16.8. The van der Waals surface area contributed by atoms with Gasteiger partial charge in [-0.15, -0.1) is 10.2 Å². The summed E-state index contributed by atoms with van der Waals surface area (Å²) in [7, 11) is 1.69. The summed E-state index contributed by atoms with van der Waals surface area (Å²) in [5.41, 5.74) is 2.95. The van der Waals surface area contributed by atoms with Crippen LogP contribution in [0.25, 0.3) is 17.1 Å². The van der Waals surface area contributed by atoms with Gasteiger partial charge in [-0.2, -0.15) is 0 Å². The second-order valence-corrected chi connectivity index (χ2v) is 7.41. The number of hydrogen-bond acceptors (Lipinski definition) is 4. The molecule has 140 valence electrons. The first-order valence-corrected chi connectivity index (χ1v) is 10.1. The van der Waals surface area contributed by atoms with Crippen molar-refractivity contribution < 1.29 is 4.74 Å². The fraction of sp³-hybridized carbons (Fsp3) is 0.0909. The molecule has 0 atom stereocenters. The van der Waals surface area contributed by atoms with Crippen molar-refractivity contribution in [1.82, 2.24) is 14.8 Å². The number of halogens is 1. The van der Waals surface area contributed by atoms with Crippen LogP contribution < -0.4 is 4.74 Å². The highest BCUT2D eigenvalue weighted by molar-refractivity contribution is 7.98. The van der Waals surface area contributed by atoms with Crippen molar-refractivity contribution in [2.45, 2.75) is 10.9 Å². The van der Waals surface area contributed by atoms with E-state index in [0.29, 0.717) is 5.02 Å². The van der Waals surface area contributed by atoms with Gasteiger partial charge in [-0.25, -0.2) is 0 Å². The molecule has 0 unspecified atom stereocenters. The molecule has 0 saturated heterocycles. The van der Waals surface area contributed by atoms with Gasteiger partial charge in [0.25, 0.3) is 0 Å². The van der Waals surface area contributed by atoms with Gasteiger partial charge in [0.05, 0.1) is 12.1 Å². The average Bonchev–Trinajstić information content (AvgIpc) is 3.17. The number of ether oxygens (including phenoxy) is 1. The van der Waals surface area contributed by atoms with Crippen LogP contribution in [0.4, 0.5) is 0 Å². The molecule has 0 N–H and O–H groups in total. The fourth-order valence-electron chi connectivity index (χ4n) is 2.95. The number of nitrogens with zero attached hydrogens (tertiary/aromatic N) is 3. The van der Waals surface area contributed by atoms with E-state index in [-0.39, 0.29) is 0 Å². The van der Waals surface area contributed by atoms with Crippen LogP contribution >= 0.6 is 23.4 Å². The Morgan fingerprint density at radius 2 is 1.61 bits per heavy atom. The van der Waals surface area contributed by atoms with Crippen LogP contribution in [0.2, 0.25) is 5.02 Å². The van der Waals surface area contributed by atoms with Crippen LogP contribution in [0.3, 0.4) is 0 Å². The van der Waals surface area contributed by atoms with Gasteiger partial charge >= 0.3 is 0 Å². The van der Waals surface area contributed by atoms with Crippen molar-refractivity contribution in [1.29, 1.82) is 0 Å². The summed E-state index contributed by atoms with van der Waals surface area (Å²) in [5.74, 6) is 2.31. The Morgan fingerprint density at radius 3 is 2.39 bits per heavy atom. The maximum atomic E-state index is 6.44. The molecule has 0 aliphatic carbocycles. The molecular weight excluding hydrogens is 390 g/mol. The lowest BCUT2D eigenvalue weighted by Gasteiger charge is -2.12. The zero-order valence-electron chi connectivity index (χ0n) is 15.2. The minimum atomic E-state index is 0.647. The van der Waals surface area contributed by atoms with E-state index in [0.717, 1.165) is 39.3 Å². The van der Waals surface area contributed by atoms with E-state index >= 15 is 0 Å². The summed E-state index contributed by atoms with van der Waals surface area (Å²) in [4.78, 5) is 0. The Morgan fingerprint density at radius 1 is 0.893 bits per heavy atom. The third-order valence-electron chi connectivity index (χ3n) is 4.31. The minimum Gasteiger partial charge on any atom is -0.496 e. The van der Waals surface area contributed by atoms with Crippen LogP contribution in [-0.2, 0) is 5.75 Å². The summed E-state index contributed by atoms with van der Waals surface area (Å²) in [5, 5.41) is 10.4. The molecule has 6 heteroatoms. The van der Waals surface area contributed by atoms with Gasteiger partial charge in [-0.1, -0.05) is 71.9 Å². The van der Waals surface area contributed by atoms with Crippen molar-refractivity contribution >= 4 is 23.4 Å². The number of para-hydroxylation sites is 2. The minimum absolute atomic E-state index is 0.647. The first-order chi connectivity index (χ1) is 13.8. The molecule has 0 bridgehead atoms. The maximum absolute atomic E-state index is 6.44. The number of hydrogen-bond donors (Lipinski definition) is 0. The normalized spacial score (nSPS) is 10.8. The van der Waals surface area contributed by atoms with E-state index in [4.69, 9.17) is 16.3 Å². The van der Waals surface area contributed by atoms with E-state index < -0.39 is 0 Å². The Bertz CT molecular complexity index is 1080. The molecule has 4 aromatic rings. The molecule has 0 saturated carbocycles. The second kappa shape index (κ2) is 8.50. The van der Waals surface area contributed by atoms with Crippen LogP contribution in [-0.4, -0.2) is 21.9 Å². The van der Waals surface area contributed by atoms with Crippen molar-refractivity contribution in [3.63, 3.8) is 0 Å². The largest absolute Gasteiger partial charge is 0.496 e. The molecule has 4 rings (SSSR count). The quantitative estimate of drug-likeness (QED) is 0.374. The molecule has 4 nitrogen and oxygen atoms in total. The predicted octanol–water partition coefficient (Wildman–Crippen LogP) is 5.89. The van der Waals surface area contributed by atoms with Crippen molar-refractivity contribution in [3.8, 4) is 22.8 Å². The number of thioether (sulfide) groups is 1. The fourth-order valence-corrected chi connectivity index (χ4v) is 4.12. The summed E-state index contributed by atoms with van der Waals surface area (Å²) < 4.78 is 7.51. The van der Waals surface area contributed by atoms with Crippen LogP contribution in [0.15, 0.2) is 84.0 Å². The molecule has 0 amide bonds. The summed E-state index contributed by atoms with van der Waals surface area (Å²) in [6.45, 7) is 0. The lowest BCUT2D eigenvalue weighted by molar-refractivity contribution is 0.411. The Labute approximate surface area is 173 Å². The highest BCUT2D eigenvalue weighted by atomic mass is 35.5. The van der Waals surface area contributed by atoms with Crippen LogP contribution in [0.1, 0.15) is 5.56 Å². The molecule has 0 aliphatic rings. The van der Waals surface area contributed by atoms with Crippen LogP contribution in [0, 0.1) is 0 Å². The van der Waals surface area contributed by atoms with Crippen molar-refractivity contribution in [3.05, 3.63) is 89.4 Å². The van der Waals surface area contributed by atoms with Gasteiger partial charge in [-0.05, 0) is 30.3 Å². The molecule has 0 aliphatic heterocycles. The zero-order chi connectivity index (χ0) is 19.3. The smallest absolute Gasteiger partial charge is 0.196 e. The van der Waals surface area contributed by atoms with E-state index in [1.165, 1.54) is 0 Å². The molecule has 0 fully saturated rings.